The van der Waals surface area contributed by atoms with Crippen LogP contribution in [-0.2, 0) is 0 Å². The quantitative estimate of drug-likeness (QED) is 0.424. The van der Waals surface area contributed by atoms with Crippen LogP contribution in [-0.4, -0.2) is 51.7 Å². The minimum absolute atomic E-state index is 0.154. The zero-order valence-electron chi connectivity index (χ0n) is 17.3. The van der Waals surface area contributed by atoms with Gasteiger partial charge in [-0.2, -0.15) is 5.10 Å². The summed E-state index contributed by atoms with van der Waals surface area (Å²) in [6.45, 7) is 7.37. The van der Waals surface area contributed by atoms with Gasteiger partial charge in [0.25, 0.3) is 11.6 Å². The minimum atomic E-state index is -0.570. The van der Waals surface area contributed by atoms with Crippen LogP contribution < -0.4 is 10.7 Å². The molecule has 0 radical (unpaired) electrons. The Morgan fingerprint density at radius 1 is 1.30 bits per heavy atom. The second-order valence-corrected chi connectivity index (χ2v) is 7.79. The Bertz CT molecular complexity index is 980. The number of nitrogens with zero attached hydrogens (tertiary/aromatic N) is 4. The summed E-state index contributed by atoms with van der Waals surface area (Å²) in [7, 11) is 0. The van der Waals surface area contributed by atoms with Crippen LogP contribution in [0, 0.1) is 23.0 Å². The molecule has 9 heteroatoms. The summed E-state index contributed by atoms with van der Waals surface area (Å²) in [6.07, 6.45) is 3.18. The highest BCUT2D eigenvalue weighted by Crippen LogP contribution is 2.22. The molecule has 1 amide bonds. The topological polar surface area (TPSA) is 110 Å². The van der Waals surface area contributed by atoms with E-state index in [9.17, 15) is 19.7 Å². The average Bonchev–Trinajstić information content (AvgIpc) is 2.72. The van der Waals surface area contributed by atoms with Gasteiger partial charge in [0, 0.05) is 24.4 Å². The van der Waals surface area contributed by atoms with Crippen molar-refractivity contribution in [1.82, 2.24) is 20.0 Å². The standard InChI is InChI=1S/C21H27N5O4/c1-15-8-12-24(13-9-15)11-5-10-22-21(28)20-19(27)14-16(2)25(23-20)17-6-3-4-7-18(17)26(29)30/h3-4,6-7,14-15H,5,8-13H2,1-2H3,(H,22,28). The van der Waals surface area contributed by atoms with Crippen LogP contribution in [0.3, 0.4) is 0 Å². The number of carbonyl (C=O) groups is 1. The van der Waals surface area contributed by atoms with Gasteiger partial charge in [-0.3, -0.25) is 19.7 Å². The van der Waals surface area contributed by atoms with E-state index in [1.165, 1.54) is 35.7 Å². The molecule has 1 aliphatic heterocycles. The number of nitrogens with one attached hydrogen (secondary N) is 1. The summed E-state index contributed by atoms with van der Waals surface area (Å²) in [6, 6.07) is 7.35. The molecule has 3 rings (SSSR count). The molecule has 2 aromatic rings. The van der Waals surface area contributed by atoms with Crippen LogP contribution in [0.2, 0.25) is 0 Å². The third-order valence-corrected chi connectivity index (χ3v) is 5.44. The third-order valence-electron chi connectivity index (χ3n) is 5.44. The molecule has 0 saturated carbocycles. The first-order chi connectivity index (χ1) is 14.4. The van der Waals surface area contributed by atoms with Gasteiger partial charge in [-0.1, -0.05) is 19.1 Å². The van der Waals surface area contributed by atoms with Gasteiger partial charge in [-0.05, 0) is 57.8 Å². The van der Waals surface area contributed by atoms with Crippen molar-refractivity contribution < 1.29 is 9.72 Å². The maximum Gasteiger partial charge on any atom is 0.294 e. The van der Waals surface area contributed by atoms with Crippen molar-refractivity contribution in [3.05, 3.63) is 62.1 Å². The van der Waals surface area contributed by atoms with Crippen LogP contribution in [0.25, 0.3) is 5.69 Å². The molecular weight excluding hydrogens is 386 g/mol. The van der Waals surface area contributed by atoms with E-state index in [4.69, 9.17) is 0 Å². The summed E-state index contributed by atoms with van der Waals surface area (Å²) >= 11 is 0. The third kappa shape index (κ3) is 5.10. The van der Waals surface area contributed by atoms with Crippen molar-refractivity contribution in [3.8, 4) is 5.69 Å². The molecule has 1 fully saturated rings. The normalized spacial score (nSPS) is 15.1. The molecule has 1 aromatic heterocycles. The highest BCUT2D eigenvalue weighted by atomic mass is 16.6. The second-order valence-electron chi connectivity index (χ2n) is 7.79. The van der Waals surface area contributed by atoms with E-state index in [-0.39, 0.29) is 17.1 Å². The highest BCUT2D eigenvalue weighted by Gasteiger charge is 2.20. The summed E-state index contributed by atoms with van der Waals surface area (Å²) < 4.78 is 1.27. The van der Waals surface area contributed by atoms with Gasteiger partial charge in [0.1, 0.15) is 5.69 Å². The number of benzene rings is 1. The number of rotatable bonds is 7. The van der Waals surface area contributed by atoms with Crippen molar-refractivity contribution in [1.29, 1.82) is 0 Å². The number of hydrogen-bond donors (Lipinski definition) is 1. The SMILES string of the molecule is Cc1cc(=O)c(C(=O)NCCCN2CCC(C)CC2)nn1-c1ccccc1[N+](=O)[O-]. The fourth-order valence-electron chi connectivity index (χ4n) is 3.62. The minimum Gasteiger partial charge on any atom is -0.350 e. The molecule has 1 N–H and O–H groups in total. The number of aryl methyl sites for hydroxylation is 1. The summed E-state index contributed by atoms with van der Waals surface area (Å²) in [4.78, 5) is 38.1. The lowest BCUT2D eigenvalue weighted by molar-refractivity contribution is -0.384. The number of piperidine rings is 1. The number of likely N-dealkylation sites (tertiary alicyclic amines) is 1. The molecule has 1 aliphatic rings. The smallest absolute Gasteiger partial charge is 0.294 e. The number of aromatic nitrogens is 2. The predicted octanol–water partition coefficient (Wildman–Crippen LogP) is 2.30. The maximum absolute atomic E-state index is 12.5. The molecule has 0 bridgehead atoms. The van der Waals surface area contributed by atoms with E-state index in [1.807, 2.05) is 0 Å². The summed E-state index contributed by atoms with van der Waals surface area (Å²) in [5.74, 6) is 0.204. The van der Waals surface area contributed by atoms with Crippen LogP contribution in [0.1, 0.15) is 42.4 Å². The molecule has 9 nitrogen and oxygen atoms in total. The Kier molecular flexibility index (Phi) is 6.94. The Balaban J connectivity index is 1.69. The van der Waals surface area contributed by atoms with Gasteiger partial charge in [0.2, 0.25) is 5.43 Å². The van der Waals surface area contributed by atoms with Crippen molar-refractivity contribution >= 4 is 11.6 Å². The van der Waals surface area contributed by atoms with E-state index in [0.29, 0.717) is 12.2 Å². The van der Waals surface area contributed by atoms with Gasteiger partial charge in [-0.25, -0.2) is 4.68 Å². The first-order valence-electron chi connectivity index (χ1n) is 10.2. The molecular formula is C21H27N5O4. The first-order valence-corrected chi connectivity index (χ1v) is 10.2. The Morgan fingerprint density at radius 3 is 2.70 bits per heavy atom. The van der Waals surface area contributed by atoms with Gasteiger partial charge in [0.15, 0.2) is 5.69 Å². The number of carbonyl (C=O) groups excluding carboxylic acids is 1. The number of nitro benzene ring substituents is 1. The second kappa shape index (κ2) is 9.62. The van der Waals surface area contributed by atoms with Crippen LogP contribution in [0.15, 0.2) is 35.1 Å². The van der Waals surface area contributed by atoms with Gasteiger partial charge < -0.3 is 10.2 Å². The maximum atomic E-state index is 12.5. The lowest BCUT2D eigenvalue weighted by Gasteiger charge is -2.30. The number of nitro groups is 1. The van der Waals surface area contributed by atoms with E-state index in [2.05, 4.69) is 22.2 Å². The Hall–Kier alpha value is -3.07. The molecule has 1 aromatic carbocycles. The van der Waals surface area contributed by atoms with Crippen LogP contribution in [0.4, 0.5) is 5.69 Å². The van der Waals surface area contributed by atoms with Gasteiger partial charge >= 0.3 is 0 Å². The molecule has 0 aliphatic carbocycles. The molecule has 160 valence electrons. The van der Waals surface area contributed by atoms with E-state index in [1.54, 1.807) is 19.1 Å². The van der Waals surface area contributed by atoms with Crippen molar-refractivity contribution in [3.63, 3.8) is 0 Å². The zero-order valence-corrected chi connectivity index (χ0v) is 17.3. The van der Waals surface area contributed by atoms with Crippen LogP contribution in [0.5, 0.6) is 0 Å². The van der Waals surface area contributed by atoms with Crippen molar-refractivity contribution in [2.45, 2.75) is 33.1 Å². The van der Waals surface area contributed by atoms with E-state index in [0.717, 1.165) is 32.0 Å². The summed E-state index contributed by atoms with van der Waals surface area (Å²) in [5, 5.41) is 18.2. The van der Waals surface area contributed by atoms with E-state index < -0.39 is 16.3 Å². The lowest BCUT2D eigenvalue weighted by Crippen LogP contribution is -2.36. The van der Waals surface area contributed by atoms with Crippen molar-refractivity contribution in [2.75, 3.05) is 26.2 Å². The Morgan fingerprint density at radius 2 is 2.00 bits per heavy atom. The molecule has 2 heterocycles. The molecule has 0 spiro atoms. The molecule has 0 atom stereocenters. The summed E-state index contributed by atoms with van der Waals surface area (Å²) in [5.41, 5.74) is -0.326. The van der Waals surface area contributed by atoms with Crippen molar-refractivity contribution in [2.24, 2.45) is 5.92 Å². The molecule has 1 saturated heterocycles. The zero-order chi connectivity index (χ0) is 21.7. The number of hydrogen-bond acceptors (Lipinski definition) is 6. The van der Waals surface area contributed by atoms with Gasteiger partial charge in [-0.15, -0.1) is 0 Å². The number of para-hydroxylation sites is 2. The molecule has 0 unspecified atom stereocenters. The first kappa shape index (κ1) is 21.6. The fourth-order valence-corrected chi connectivity index (χ4v) is 3.62. The monoisotopic (exact) mass is 413 g/mol. The molecule has 30 heavy (non-hydrogen) atoms. The fraction of sp³-hybridized carbons (Fsp3) is 0.476. The van der Waals surface area contributed by atoms with E-state index >= 15 is 0 Å². The Labute approximate surface area is 174 Å². The van der Waals surface area contributed by atoms with Gasteiger partial charge in [0.05, 0.1) is 4.92 Å². The average molecular weight is 413 g/mol. The predicted molar refractivity (Wildman–Crippen MR) is 113 cm³/mol. The largest absolute Gasteiger partial charge is 0.350 e. The lowest BCUT2D eigenvalue weighted by atomic mass is 9.99. The highest BCUT2D eigenvalue weighted by molar-refractivity contribution is 5.92. The van der Waals surface area contributed by atoms with Crippen LogP contribution >= 0.6 is 0 Å². The number of amides is 1.